The quantitative estimate of drug-likeness (QED) is 0.755. The topological polar surface area (TPSA) is 102 Å². The summed E-state index contributed by atoms with van der Waals surface area (Å²) in [6, 6.07) is 7.86. The number of aromatic amines is 1. The van der Waals surface area contributed by atoms with E-state index in [1.165, 1.54) is 18.3 Å². The van der Waals surface area contributed by atoms with Crippen molar-refractivity contribution in [1.82, 2.24) is 15.0 Å². The monoisotopic (exact) mass is 290 g/mol. The highest BCUT2D eigenvalue weighted by Gasteiger charge is 2.13. The Morgan fingerprint density at radius 1 is 1.30 bits per heavy atom. The lowest BCUT2D eigenvalue weighted by atomic mass is 10.3. The molecule has 6 nitrogen and oxygen atoms in total. The third-order valence-electron chi connectivity index (χ3n) is 2.68. The van der Waals surface area contributed by atoms with Gasteiger partial charge in [0.15, 0.2) is 11.0 Å². The number of aromatic nitrogens is 3. The minimum atomic E-state index is -0.120. The predicted molar refractivity (Wildman–Crippen MR) is 79.9 cm³/mol. The number of imidazole rings is 1. The van der Waals surface area contributed by atoms with Crippen LogP contribution in [0.5, 0.6) is 0 Å². The second-order valence-corrected chi connectivity index (χ2v) is 5.22. The highest BCUT2D eigenvalue weighted by atomic mass is 32.1. The van der Waals surface area contributed by atoms with Crippen LogP contribution in [0.2, 0.25) is 0 Å². The van der Waals surface area contributed by atoms with Gasteiger partial charge in [0.1, 0.15) is 0 Å². The van der Waals surface area contributed by atoms with Crippen LogP contribution in [0.4, 0.5) is 5.13 Å². The van der Waals surface area contributed by atoms with Crippen LogP contribution < -0.4 is 5.32 Å². The second-order valence-electron chi connectivity index (χ2n) is 4.22. The zero-order valence-electron chi connectivity index (χ0n) is 11.0. The summed E-state index contributed by atoms with van der Waals surface area (Å²) in [6.45, 7) is 3.38. The van der Waals surface area contributed by atoms with E-state index in [4.69, 9.17) is 0 Å². The molecule has 3 rings (SSSR count). The molecule has 0 aliphatic heterocycles. The number of para-hydroxylation sites is 2. The Kier molecular flexibility index (Phi) is 3.82. The highest BCUT2D eigenvalue weighted by Crippen LogP contribution is 2.31. The van der Waals surface area contributed by atoms with Crippen LogP contribution in [-0.4, -0.2) is 26.3 Å². The van der Waals surface area contributed by atoms with Gasteiger partial charge in [-0.25, -0.2) is 9.97 Å². The van der Waals surface area contributed by atoms with Crippen molar-refractivity contribution in [3.05, 3.63) is 30.0 Å². The first kappa shape index (κ1) is 14.2. The van der Waals surface area contributed by atoms with Crippen LogP contribution in [-0.2, 0) is 4.79 Å². The molecule has 0 fully saturated rings. The fraction of sp³-hybridized carbons (Fsp3) is 0.154. The maximum atomic E-state index is 11.0. The van der Waals surface area contributed by atoms with Crippen molar-refractivity contribution < 1.29 is 10.3 Å². The standard InChI is InChI=1S/C13H12N4OS.H2O/c1-7-11(19-13(14-7)15-8(2)18)12-16-9-5-3-4-6-10(9)17-12;/h3-6H,1-2H3,(H,16,17)(H,14,15,18);1H2. The SMILES string of the molecule is CC(=O)Nc1nc(C)c(-c2nc3ccccc3[nH]2)s1.O. The molecule has 2 heterocycles. The number of aryl methyl sites for hydroxylation is 1. The van der Waals surface area contributed by atoms with Gasteiger partial charge >= 0.3 is 0 Å². The number of benzene rings is 1. The smallest absolute Gasteiger partial charge is 0.223 e. The molecular formula is C13H14N4O2S. The molecule has 0 aliphatic rings. The van der Waals surface area contributed by atoms with Crippen molar-refractivity contribution >= 4 is 33.4 Å². The van der Waals surface area contributed by atoms with Crippen LogP contribution in [0.15, 0.2) is 24.3 Å². The van der Waals surface area contributed by atoms with Crippen molar-refractivity contribution in [1.29, 1.82) is 0 Å². The van der Waals surface area contributed by atoms with Gasteiger partial charge in [-0.3, -0.25) is 4.79 Å². The lowest BCUT2D eigenvalue weighted by Gasteiger charge is -1.92. The van der Waals surface area contributed by atoms with Gasteiger partial charge in [0.05, 0.1) is 21.6 Å². The molecular weight excluding hydrogens is 276 g/mol. The maximum Gasteiger partial charge on any atom is 0.223 e. The maximum absolute atomic E-state index is 11.0. The molecule has 0 atom stereocenters. The summed E-state index contributed by atoms with van der Waals surface area (Å²) < 4.78 is 0. The summed E-state index contributed by atoms with van der Waals surface area (Å²) in [5.41, 5.74) is 2.77. The van der Waals surface area contributed by atoms with Gasteiger partial charge in [-0.15, -0.1) is 0 Å². The molecule has 0 saturated heterocycles. The van der Waals surface area contributed by atoms with Gasteiger partial charge in [-0.1, -0.05) is 23.5 Å². The zero-order chi connectivity index (χ0) is 13.4. The number of carbonyl (C=O) groups excluding carboxylic acids is 1. The summed E-state index contributed by atoms with van der Waals surface area (Å²) >= 11 is 1.42. The van der Waals surface area contributed by atoms with Crippen LogP contribution in [0.1, 0.15) is 12.6 Å². The van der Waals surface area contributed by atoms with Crippen LogP contribution in [0.25, 0.3) is 21.7 Å². The van der Waals surface area contributed by atoms with E-state index in [2.05, 4.69) is 20.3 Å². The van der Waals surface area contributed by atoms with Gasteiger partial charge in [-0.05, 0) is 19.1 Å². The molecule has 0 unspecified atom stereocenters. The Hall–Kier alpha value is -2.25. The molecule has 104 valence electrons. The Morgan fingerprint density at radius 3 is 2.75 bits per heavy atom. The van der Waals surface area contributed by atoms with E-state index in [0.717, 1.165) is 27.4 Å². The number of fused-ring (bicyclic) bond motifs is 1. The number of carbonyl (C=O) groups is 1. The molecule has 4 N–H and O–H groups in total. The number of rotatable bonds is 2. The largest absolute Gasteiger partial charge is 0.412 e. The normalized spacial score (nSPS) is 10.3. The fourth-order valence-electron chi connectivity index (χ4n) is 1.88. The lowest BCUT2D eigenvalue weighted by molar-refractivity contribution is -0.114. The number of nitrogens with one attached hydrogen (secondary N) is 2. The minimum absolute atomic E-state index is 0. The molecule has 1 amide bonds. The third-order valence-corrected chi connectivity index (χ3v) is 3.76. The van der Waals surface area contributed by atoms with Crippen molar-refractivity contribution in [2.75, 3.05) is 5.32 Å². The summed E-state index contributed by atoms with van der Waals surface area (Å²) in [5, 5.41) is 3.29. The molecule has 7 heteroatoms. The number of anilines is 1. The van der Waals surface area contributed by atoms with E-state index in [-0.39, 0.29) is 11.4 Å². The molecule has 0 aliphatic carbocycles. The zero-order valence-corrected chi connectivity index (χ0v) is 11.8. The average Bonchev–Trinajstić information content (AvgIpc) is 2.91. The van der Waals surface area contributed by atoms with Crippen molar-refractivity contribution in [2.45, 2.75) is 13.8 Å². The first-order valence-electron chi connectivity index (χ1n) is 5.83. The Bertz CT molecular complexity index is 730. The van der Waals surface area contributed by atoms with Gasteiger partial charge in [0.25, 0.3) is 0 Å². The Labute approximate surface area is 119 Å². The minimum Gasteiger partial charge on any atom is -0.412 e. The first-order valence-corrected chi connectivity index (χ1v) is 6.65. The molecule has 20 heavy (non-hydrogen) atoms. The number of nitrogens with zero attached hydrogens (tertiary/aromatic N) is 2. The predicted octanol–water partition coefficient (Wildman–Crippen LogP) is 2.13. The molecule has 0 spiro atoms. The first-order chi connectivity index (χ1) is 9.13. The highest BCUT2D eigenvalue weighted by molar-refractivity contribution is 7.19. The molecule has 0 saturated carbocycles. The summed E-state index contributed by atoms with van der Waals surface area (Å²) in [7, 11) is 0. The van der Waals surface area contributed by atoms with Crippen molar-refractivity contribution in [2.24, 2.45) is 0 Å². The van der Waals surface area contributed by atoms with Gasteiger partial charge < -0.3 is 15.8 Å². The molecule has 1 aromatic carbocycles. The number of hydrogen-bond acceptors (Lipinski definition) is 4. The summed E-state index contributed by atoms with van der Waals surface area (Å²) in [6.07, 6.45) is 0. The average molecular weight is 290 g/mol. The van der Waals surface area contributed by atoms with Gasteiger partial charge in [0.2, 0.25) is 5.91 Å². The van der Waals surface area contributed by atoms with E-state index in [1.807, 2.05) is 31.2 Å². The molecule has 0 bridgehead atoms. The van der Waals surface area contributed by atoms with Gasteiger partial charge in [-0.2, -0.15) is 0 Å². The molecule has 3 aromatic rings. The number of hydrogen-bond donors (Lipinski definition) is 2. The van der Waals surface area contributed by atoms with E-state index in [0.29, 0.717) is 5.13 Å². The van der Waals surface area contributed by atoms with E-state index in [9.17, 15) is 4.79 Å². The third kappa shape index (κ3) is 2.54. The van der Waals surface area contributed by atoms with Crippen LogP contribution in [0, 0.1) is 6.92 Å². The van der Waals surface area contributed by atoms with Crippen LogP contribution in [0.3, 0.4) is 0 Å². The molecule has 2 aromatic heterocycles. The summed E-state index contributed by atoms with van der Waals surface area (Å²) in [5.74, 6) is 0.665. The summed E-state index contributed by atoms with van der Waals surface area (Å²) in [4.78, 5) is 24.1. The number of amides is 1. The fourth-order valence-corrected chi connectivity index (χ4v) is 2.84. The van der Waals surface area contributed by atoms with Gasteiger partial charge in [0, 0.05) is 6.92 Å². The Morgan fingerprint density at radius 2 is 2.05 bits per heavy atom. The Balaban J connectivity index is 0.00000147. The number of H-pyrrole nitrogens is 1. The number of thiazole rings is 1. The van der Waals surface area contributed by atoms with E-state index < -0.39 is 0 Å². The molecule has 0 radical (unpaired) electrons. The van der Waals surface area contributed by atoms with E-state index >= 15 is 0 Å². The van der Waals surface area contributed by atoms with Crippen molar-refractivity contribution in [3.63, 3.8) is 0 Å². The van der Waals surface area contributed by atoms with E-state index in [1.54, 1.807) is 0 Å². The lowest BCUT2D eigenvalue weighted by Crippen LogP contribution is -2.04. The van der Waals surface area contributed by atoms with Crippen LogP contribution >= 0.6 is 11.3 Å². The second kappa shape index (κ2) is 5.40. The van der Waals surface area contributed by atoms with Crippen molar-refractivity contribution in [3.8, 4) is 10.7 Å².